The maximum atomic E-state index is 13.4. The first-order chi connectivity index (χ1) is 17.0. The van der Waals surface area contributed by atoms with Crippen molar-refractivity contribution < 1.29 is 13.6 Å². The summed E-state index contributed by atoms with van der Waals surface area (Å²) < 4.78 is 26.9. The second-order valence-electron chi connectivity index (χ2n) is 8.92. The predicted octanol–water partition coefficient (Wildman–Crippen LogP) is 4.85. The van der Waals surface area contributed by atoms with E-state index in [1.54, 1.807) is 24.3 Å². The number of hydrogen-bond acceptors (Lipinski definition) is 4. The molecule has 184 valence electrons. The van der Waals surface area contributed by atoms with Gasteiger partial charge in [0.2, 0.25) is 5.91 Å². The Bertz CT molecular complexity index is 1030. The van der Waals surface area contributed by atoms with Crippen LogP contribution in [0, 0.1) is 11.6 Å². The number of amides is 1. The van der Waals surface area contributed by atoms with Crippen LogP contribution in [0.3, 0.4) is 0 Å². The fraction of sp³-hybridized carbons (Fsp3) is 0.321. The third-order valence-corrected chi connectivity index (χ3v) is 6.46. The molecule has 0 spiro atoms. The first-order valence-electron chi connectivity index (χ1n) is 12.1. The smallest absolute Gasteiger partial charge is 0.222 e. The number of halogens is 2. The van der Waals surface area contributed by atoms with Crippen LogP contribution in [0.1, 0.15) is 18.4 Å². The summed E-state index contributed by atoms with van der Waals surface area (Å²) in [4.78, 5) is 19.0. The predicted molar refractivity (Wildman–Crippen MR) is 137 cm³/mol. The lowest BCUT2D eigenvalue weighted by Gasteiger charge is -2.35. The van der Waals surface area contributed by atoms with Crippen LogP contribution >= 0.6 is 0 Å². The number of carbonyl (C=O) groups excluding carboxylic acids is 1. The summed E-state index contributed by atoms with van der Waals surface area (Å²) >= 11 is 0. The summed E-state index contributed by atoms with van der Waals surface area (Å²) in [5.41, 5.74) is 9.32. The van der Waals surface area contributed by atoms with E-state index in [9.17, 15) is 13.6 Å². The van der Waals surface area contributed by atoms with Gasteiger partial charge in [-0.05, 0) is 85.6 Å². The van der Waals surface area contributed by atoms with Gasteiger partial charge in [-0.2, -0.15) is 0 Å². The van der Waals surface area contributed by atoms with Gasteiger partial charge in [0.1, 0.15) is 11.6 Å². The second kappa shape index (κ2) is 11.8. The first-order valence-corrected chi connectivity index (χ1v) is 12.1. The average molecular weight is 479 g/mol. The molecule has 0 radical (unpaired) electrons. The molecule has 0 aliphatic carbocycles. The molecule has 2 N–H and O–H groups in total. The van der Waals surface area contributed by atoms with Crippen molar-refractivity contribution in [1.82, 2.24) is 9.80 Å². The van der Waals surface area contributed by atoms with Crippen molar-refractivity contribution in [3.63, 3.8) is 0 Å². The molecular formula is C28H32F2N4O. The lowest BCUT2D eigenvalue weighted by atomic mass is 10.1. The van der Waals surface area contributed by atoms with Crippen molar-refractivity contribution in [2.75, 3.05) is 49.9 Å². The fourth-order valence-corrected chi connectivity index (χ4v) is 4.42. The van der Waals surface area contributed by atoms with Crippen LogP contribution in [0.15, 0.2) is 72.8 Å². The molecule has 4 rings (SSSR count). The quantitative estimate of drug-likeness (QED) is 0.447. The van der Waals surface area contributed by atoms with E-state index < -0.39 is 0 Å². The highest BCUT2D eigenvalue weighted by molar-refractivity contribution is 5.76. The third-order valence-electron chi connectivity index (χ3n) is 6.46. The van der Waals surface area contributed by atoms with E-state index >= 15 is 0 Å². The molecule has 0 atom stereocenters. The van der Waals surface area contributed by atoms with Crippen LogP contribution in [0.25, 0.3) is 0 Å². The van der Waals surface area contributed by atoms with Crippen LogP contribution in [-0.2, 0) is 11.2 Å². The highest BCUT2D eigenvalue weighted by Crippen LogP contribution is 2.26. The number of hydrogen-bond donors (Lipinski definition) is 1. The lowest BCUT2D eigenvalue weighted by molar-refractivity contribution is -0.132. The minimum Gasteiger partial charge on any atom is -0.399 e. The van der Waals surface area contributed by atoms with Gasteiger partial charge in [0, 0.05) is 56.2 Å². The lowest BCUT2D eigenvalue weighted by Crippen LogP contribution is -2.49. The summed E-state index contributed by atoms with van der Waals surface area (Å²) in [6.45, 7) is 4.78. The van der Waals surface area contributed by atoms with Crippen molar-refractivity contribution in [2.45, 2.75) is 19.3 Å². The van der Waals surface area contributed by atoms with E-state index in [4.69, 9.17) is 5.73 Å². The van der Waals surface area contributed by atoms with Crippen molar-refractivity contribution >= 4 is 23.0 Å². The third kappa shape index (κ3) is 7.02. The first kappa shape index (κ1) is 24.7. The molecule has 35 heavy (non-hydrogen) atoms. The minimum absolute atomic E-state index is 0.195. The minimum atomic E-state index is -0.284. The van der Waals surface area contributed by atoms with Crippen LogP contribution in [-0.4, -0.2) is 55.0 Å². The molecule has 0 aromatic heterocycles. The van der Waals surface area contributed by atoms with Gasteiger partial charge in [-0.25, -0.2) is 8.78 Å². The van der Waals surface area contributed by atoms with Gasteiger partial charge in [-0.3, -0.25) is 9.69 Å². The second-order valence-corrected chi connectivity index (χ2v) is 8.92. The van der Waals surface area contributed by atoms with Gasteiger partial charge in [-0.15, -0.1) is 0 Å². The Hall–Kier alpha value is -3.45. The molecule has 1 fully saturated rings. The van der Waals surface area contributed by atoms with Gasteiger partial charge in [0.15, 0.2) is 0 Å². The van der Waals surface area contributed by atoms with Gasteiger partial charge >= 0.3 is 0 Å². The molecule has 1 heterocycles. The van der Waals surface area contributed by atoms with Crippen LogP contribution < -0.4 is 10.6 Å². The highest BCUT2D eigenvalue weighted by Gasteiger charge is 2.21. The van der Waals surface area contributed by atoms with Crippen LogP contribution in [0.5, 0.6) is 0 Å². The fourth-order valence-electron chi connectivity index (χ4n) is 4.42. The Morgan fingerprint density at radius 3 is 1.89 bits per heavy atom. The van der Waals surface area contributed by atoms with Crippen molar-refractivity contribution in [3.8, 4) is 0 Å². The number of benzene rings is 3. The van der Waals surface area contributed by atoms with Gasteiger partial charge < -0.3 is 15.5 Å². The molecule has 3 aromatic rings. The Labute approximate surface area is 205 Å². The molecule has 3 aromatic carbocycles. The zero-order chi connectivity index (χ0) is 24.6. The van der Waals surface area contributed by atoms with E-state index in [0.717, 1.165) is 74.7 Å². The summed E-state index contributed by atoms with van der Waals surface area (Å²) in [6.07, 6.45) is 2.12. The molecule has 1 saturated heterocycles. The van der Waals surface area contributed by atoms with E-state index in [1.807, 2.05) is 29.2 Å². The molecule has 0 saturated carbocycles. The molecule has 7 heteroatoms. The molecular weight excluding hydrogens is 446 g/mol. The van der Waals surface area contributed by atoms with Gasteiger partial charge in [0.05, 0.1) is 0 Å². The van der Waals surface area contributed by atoms with E-state index in [-0.39, 0.29) is 17.5 Å². The number of carbonyl (C=O) groups is 1. The largest absolute Gasteiger partial charge is 0.399 e. The number of piperazine rings is 1. The monoisotopic (exact) mass is 478 g/mol. The number of nitrogens with two attached hydrogens (primary N) is 1. The molecule has 1 amide bonds. The molecule has 1 aliphatic heterocycles. The number of anilines is 3. The number of rotatable bonds is 9. The van der Waals surface area contributed by atoms with E-state index in [0.29, 0.717) is 6.42 Å². The molecule has 0 unspecified atom stereocenters. The Balaban J connectivity index is 1.24. The maximum Gasteiger partial charge on any atom is 0.222 e. The van der Waals surface area contributed by atoms with Crippen molar-refractivity contribution in [3.05, 3.63) is 90.0 Å². The Kier molecular flexibility index (Phi) is 8.32. The number of nitrogens with zero attached hydrogens (tertiary/aromatic N) is 3. The average Bonchev–Trinajstić information content (AvgIpc) is 2.88. The maximum absolute atomic E-state index is 13.4. The van der Waals surface area contributed by atoms with Crippen molar-refractivity contribution in [2.24, 2.45) is 0 Å². The van der Waals surface area contributed by atoms with Crippen LogP contribution in [0.2, 0.25) is 0 Å². The summed E-state index contributed by atoms with van der Waals surface area (Å²) in [5.74, 6) is -0.373. The Morgan fingerprint density at radius 1 is 0.800 bits per heavy atom. The number of aryl methyl sites for hydroxylation is 1. The summed E-state index contributed by atoms with van der Waals surface area (Å²) in [5, 5.41) is 0. The molecule has 5 nitrogen and oxygen atoms in total. The van der Waals surface area contributed by atoms with E-state index in [2.05, 4.69) is 9.80 Å². The molecule has 1 aliphatic rings. The molecule has 0 bridgehead atoms. The summed E-state index contributed by atoms with van der Waals surface area (Å²) in [7, 11) is 0. The Morgan fingerprint density at radius 2 is 1.34 bits per heavy atom. The topological polar surface area (TPSA) is 52.8 Å². The van der Waals surface area contributed by atoms with Crippen molar-refractivity contribution in [1.29, 1.82) is 0 Å². The highest BCUT2D eigenvalue weighted by atomic mass is 19.1. The zero-order valence-electron chi connectivity index (χ0n) is 19.9. The van der Waals surface area contributed by atoms with Gasteiger partial charge in [0.25, 0.3) is 0 Å². The van der Waals surface area contributed by atoms with Crippen LogP contribution in [0.4, 0.5) is 25.8 Å². The standard InChI is InChI=1S/C28H32F2N4O/c29-23-5-11-26(12-6-23)34(27-13-7-24(30)8-14-27)17-1-16-32-18-20-33(21-19-32)28(35)15-4-22-2-9-25(31)10-3-22/h2-3,5-14H,1,4,15-21,31H2. The summed E-state index contributed by atoms with van der Waals surface area (Å²) in [6, 6.07) is 20.4. The SMILES string of the molecule is Nc1ccc(CCC(=O)N2CCN(CCCN(c3ccc(F)cc3)c3ccc(F)cc3)CC2)cc1. The normalized spacial score (nSPS) is 14.2. The van der Waals surface area contributed by atoms with Gasteiger partial charge in [-0.1, -0.05) is 12.1 Å². The zero-order valence-corrected chi connectivity index (χ0v) is 19.9. The number of nitrogen functional groups attached to an aromatic ring is 1. The van der Waals surface area contributed by atoms with E-state index in [1.165, 1.54) is 24.3 Å².